The average Bonchev–Trinajstić information content (AvgIpc) is 2.72. The van der Waals surface area contributed by atoms with Gasteiger partial charge in [-0.05, 0) is 37.8 Å². The highest BCUT2D eigenvalue weighted by atomic mass is 16.5. The van der Waals surface area contributed by atoms with Gasteiger partial charge < -0.3 is 19.9 Å². The summed E-state index contributed by atoms with van der Waals surface area (Å²) in [7, 11) is 1.66. The van der Waals surface area contributed by atoms with E-state index in [1.165, 1.54) is 5.56 Å². The lowest BCUT2D eigenvalue weighted by Gasteiger charge is -2.36. The van der Waals surface area contributed by atoms with Crippen molar-refractivity contribution in [2.45, 2.75) is 32.2 Å². The van der Waals surface area contributed by atoms with Gasteiger partial charge in [-0.25, -0.2) is 4.79 Å². The Morgan fingerprint density at radius 2 is 1.89 bits per heavy atom. The van der Waals surface area contributed by atoms with Crippen LogP contribution >= 0.6 is 0 Å². The molecule has 0 bridgehead atoms. The maximum Gasteiger partial charge on any atom is 0.317 e. The number of hydrogen-bond acceptors (Lipinski definition) is 4. The van der Waals surface area contributed by atoms with Crippen LogP contribution in [0.2, 0.25) is 0 Å². The van der Waals surface area contributed by atoms with Gasteiger partial charge in [-0.3, -0.25) is 9.69 Å². The molecule has 0 unspecified atom stereocenters. The number of ether oxygens (including phenoxy) is 1. The van der Waals surface area contributed by atoms with Crippen LogP contribution in [-0.2, 0) is 16.0 Å². The summed E-state index contributed by atoms with van der Waals surface area (Å²) < 4.78 is 5.06. The van der Waals surface area contributed by atoms with Crippen molar-refractivity contribution in [3.8, 4) is 0 Å². The van der Waals surface area contributed by atoms with E-state index in [1.807, 2.05) is 34.9 Å². The standard InChI is InChI=1S/C21H32N4O3/c1-17(9-15-28-2)22-21(27)24-13-11-23(12-14-24)16-20(26)25-10-5-7-18-6-3-4-8-19(18)25/h3-4,6,8,17H,5,7,9-16H2,1-2H3,(H,22,27)/t17-/m1/s1. The predicted octanol–water partition coefficient (Wildman–Crippen LogP) is 1.72. The zero-order valence-corrected chi connectivity index (χ0v) is 17.0. The summed E-state index contributed by atoms with van der Waals surface area (Å²) in [5.74, 6) is 0.151. The average molecular weight is 389 g/mol. The Labute approximate surface area is 167 Å². The molecule has 28 heavy (non-hydrogen) atoms. The maximum atomic E-state index is 12.9. The summed E-state index contributed by atoms with van der Waals surface area (Å²) in [6.45, 7) is 6.56. The number of hydrogen-bond donors (Lipinski definition) is 1. The van der Waals surface area contributed by atoms with E-state index in [-0.39, 0.29) is 18.0 Å². The topological polar surface area (TPSA) is 65.1 Å². The summed E-state index contributed by atoms with van der Waals surface area (Å²) in [6, 6.07) is 8.24. The normalized spacial score (nSPS) is 18.5. The first kappa shape index (κ1) is 20.6. The molecule has 1 atom stereocenters. The van der Waals surface area contributed by atoms with Crippen LogP contribution in [0.5, 0.6) is 0 Å². The minimum absolute atomic E-state index is 0.0282. The number of rotatable bonds is 6. The van der Waals surface area contributed by atoms with Crippen molar-refractivity contribution in [1.29, 1.82) is 0 Å². The molecule has 7 nitrogen and oxygen atoms in total. The molecule has 0 spiro atoms. The molecular weight excluding hydrogens is 356 g/mol. The minimum Gasteiger partial charge on any atom is -0.385 e. The second-order valence-corrected chi connectivity index (χ2v) is 7.67. The number of anilines is 1. The molecule has 0 aliphatic carbocycles. The van der Waals surface area contributed by atoms with Crippen molar-refractivity contribution >= 4 is 17.6 Å². The largest absolute Gasteiger partial charge is 0.385 e. The summed E-state index contributed by atoms with van der Waals surface area (Å²) in [6.07, 6.45) is 2.85. The quantitative estimate of drug-likeness (QED) is 0.806. The van der Waals surface area contributed by atoms with E-state index in [0.29, 0.717) is 26.2 Å². The van der Waals surface area contributed by atoms with Crippen LogP contribution in [0.1, 0.15) is 25.3 Å². The lowest BCUT2D eigenvalue weighted by molar-refractivity contribution is -0.120. The van der Waals surface area contributed by atoms with Crippen LogP contribution in [0.3, 0.4) is 0 Å². The molecule has 1 aromatic rings. The number of fused-ring (bicyclic) bond motifs is 1. The van der Waals surface area contributed by atoms with Gasteiger partial charge in [0.25, 0.3) is 0 Å². The number of methoxy groups -OCH3 is 1. The highest BCUT2D eigenvalue weighted by Crippen LogP contribution is 2.26. The van der Waals surface area contributed by atoms with Gasteiger partial charge in [0, 0.05) is 58.2 Å². The Hall–Kier alpha value is -2.12. The van der Waals surface area contributed by atoms with Gasteiger partial charge in [-0.1, -0.05) is 18.2 Å². The molecule has 154 valence electrons. The molecule has 7 heteroatoms. The van der Waals surface area contributed by atoms with Crippen molar-refractivity contribution < 1.29 is 14.3 Å². The second kappa shape index (κ2) is 9.89. The van der Waals surface area contributed by atoms with Crippen LogP contribution in [0.4, 0.5) is 10.5 Å². The number of aryl methyl sites for hydroxylation is 1. The van der Waals surface area contributed by atoms with Crippen LogP contribution in [0.25, 0.3) is 0 Å². The second-order valence-electron chi connectivity index (χ2n) is 7.67. The summed E-state index contributed by atoms with van der Waals surface area (Å²) in [5, 5.41) is 3.02. The number of nitrogens with one attached hydrogen (secondary N) is 1. The van der Waals surface area contributed by atoms with Gasteiger partial charge in [-0.15, -0.1) is 0 Å². The van der Waals surface area contributed by atoms with Gasteiger partial charge in [0.2, 0.25) is 5.91 Å². The van der Waals surface area contributed by atoms with Crippen molar-refractivity contribution in [3.05, 3.63) is 29.8 Å². The lowest BCUT2D eigenvalue weighted by Crippen LogP contribution is -2.55. The Balaban J connectivity index is 1.46. The molecule has 3 amide bonds. The molecule has 1 saturated heterocycles. The predicted molar refractivity (Wildman–Crippen MR) is 110 cm³/mol. The number of carbonyl (C=O) groups is 2. The fraction of sp³-hybridized carbons (Fsp3) is 0.619. The van der Waals surface area contributed by atoms with E-state index in [4.69, 9.17) is 4.74 Å². The SMILES string of the molecule is COCC[C@@H](C)NC(=O)N1CCN(CC(=O)N2CCCc3ccccc32)CC1. The minimum atomic E-state index is -0.0282. The van der Waals surface area contributed by atoms with E-state index in [2.05, 4.69) is 16.3 Å². The van der Waals surface area contributed by atoms with Crippen molar-refractivity contribution in [1.82, 2.24) is 15.1 Å². The molecule has 2 aliphatic rings. The third-order valence-corrected chi connectivity index (χ3v) is 5.55. The number of nitrogens with zero attached hydrogens (tertiary/aromatic N) is 3. The Bertz CT molecular complexity index is 673. The van der Waals surface area contributed by atoms with E-state index < -0.39 is 0 Å². The van der Waals surface area contributed by atoms with Gasteiger partial charge in [-0.2, -0.15) is 0 Å². The first-order valence-corrected chi connectivity index (χ1v) is 10.2. The molecule has 0 radical (unpaired) electrons. The van der Waals surface area contributed by atoms with Gasteiger partial charge in [0.1, 0.15) is 0 Å². The van der Waals surface area contributed by atoms with Crippen LogP contribution < -0.4 is 10.2 Å². The number of urea groups is 1. The molecule has 3 rings (SSSR count). The van der Waals surface area contributed by atoms with Crippen molar-refractivity contribution in [2.75, 3.05) is 57.9 Å². The number of para-hydroxylation sites is 1. The van der Waals surface area contributed by atoms with E-state index in [9.17, 15) is 9.59 Å². The number of benzene rings is 1. The molecule has 1 aromatic carbocycles. The molecule has 2 heterocycles. The van der Waals surface area contributed by atoms with Crippen molar-refractivity contribution in [3.63, 3.8) is 0 Å². The summed E-state index contributed by atoms with van der Waals surface area (Å²) in [5.41, 5.74) is 2.31. The molecule has 1 N–H and O–H groups in total. The number of piperazine rings is 1. The van der Waals surface area contributed by atoms with Gasteiger partial charge >= 0.3 is 6.03 Å². The van der Waals surface area contributed by atoms with E-state index in [0.717, 1.165) is 44.6 Å². The molecule has 0 aromatic heterocycles. The molecular formula is C21H32N4O3. The van der Waals surface area contributed by atoms with Crippen LogP contribution in [0, 0.1) is 0 Å². The fourth-order valence-corrected chi connectivity index (χ4v) is 3.85. The van der Waals surface area contributed by atoms with Crippen LogP contribution in [-0.4, -0.2) is 80.8 Å². The maximum absolute atomic E-state index is 12.9. The van der Waals surface area contributed by atoms with Gasteiger partial charge in [0.05, 0.1) is 6.54 Å². The zero-order valence-electron chi connectivity index (χ0n) is 17.0. The van der Waals surface area contributed by atoms with Gasteiger partial charge in [0.15, 0.2) is 0 Å². The summed E-state index contributed by atoms with van der Waals surface area (Å²) >= 11 is 0. The molecule has 0 saturated carbocycles. The first-order chi connectivity index (χ1) is 13.6. The third-order valence-electron chi connectivity index (χ3n) is 5.55. The van der Waals surface area contributed by atoms with Crippen LogP contribution in [0.15, 0.2) is 24.3 Å². The Morgan fingerprint density at radius 1 is 1.14 bits per heavy atom. The smallest absolute Gasteiger partial charge is 0.317 e. The Morgan fingerprint density at radius 3 is 2.64 bits per heavy atom. The molecule has 1 fully saturated rings. The van der Waals surface area contributed by atoms with E-state index in [1.54, 1.807) is 7.11 Å². The first-order valence-electron chi connectivity index (χ1n) is 10.2. The highest BCUT2D eigenvalue weighted by Gasteiger charge is 2.27. The number of carbonyl (C=O) groups excluding carboxylic acids is 2. The van der Waals surface area contributed by atoms with Crippen molar-refractivity contribution in [2.24, 2.45) is 0 Å². The fourth-order valence-electron chi connectivity index (χ4n) is 3.85. The van der Waals surface area contributed by atoms with E-state index >= 15 is 0 Å². The Kier molecular flexibility index (Phi) is 7.28. The summed E-state index contributed by atoms with van der Waals surface area (Å²) in [4.78, 5) is 31.1. The zero-order chi connectivity index (χ0) is 19.9. The number of amides is 3. The monoisotopic (exact) mass is 388 g/mol. The lowest BCUT2D eigenvalue weighted by atomic mass is 10.0. The third kappa shape index (κ3) is 5.23. The highest BCUT2D eigenvalue weighted by molar-refractivity contribution is 5.96. The molecule has 2 aliphatic heterocycles.